The summed E-state index contributed by atoms with van der Waals surface area (Å²) in [6, 6.07) is 0. The van der Waals surface area contributed by atoms with Crippen LogP contribution in [0.3, 0.4) is 0 Å². The monoisotopic (exact) mass is 273 g/mol. The molecule has 0 aromatic carbocycles. The van der Waals surface area contributed by atoms with Crippen LogP contribution in [0.4, 0.5) is 0 Å². The van der Waals surface area contributed by atoms with E-state index in [0.717, 1.165) is 31.0 Å². The first-order chi connectivity index (χ1) is 8.70. The Bertz CT molecular complexity index is 282. The van der Waals surface area contributed by atoms with Crippen LogP contribution in [0.2, 0.25) is 0 Å². The largest absolute Gasteiger partial charge is 0.449 e. The number of carbonyl (C=O) groups is 1. The molecule has 3 nitrogen and oxygen atoms in total. The second-order valence-electron chi connectivity index (χ2n) is 4.23. The van der Waals surface area contributed by atoms with E-state index in [1.807, 2.05) is 0 Å². The van der Waals surface area contributed by atoms with Crippen LogP contribution in [-0.2, 0) is 11.2 Å². The maximum atomic E-state index is 10.6. The molecule has 0 saturated heterocycles. The minimum atomic E-state index is 0.252. The summed E-state index contributed by atoms with van der Waals surface area (Å²) in [6.45, 7) is 3.79. The summed E-state index contributed by atoms with van der Waals surface area (Å²) in [4.78, 5) is 14.5. The summed E-state index contributed by atoms with van der Waals surface area (Å²) >= 11 is 5.38. The first kappa shape index (κ1) is 17.2. The summed E-state index contributed by atoms with van der Waals surface area (Å²) in [5.74, 6) is 1.84. The molecule has 0 atom stereocenters. The topological polar surface area (TPSA) is 43.1 Å². The fourth-order valence-corrected chi connectivity index (χ4v) is 1.56. The molecule has 1 rings (SSSR count). The number of aromatic nitrogens is 1. The molecule has 0 aliphatic rings. The molecular formula is C14H24ClNO2. The maximum absolute atomic E-state index is 10.6. The smallest absolute Gasteiger partial charge is 0.193 e. The predicted molar refractivity (Wildman–Crippen MR) is 75.0 cm³/mol. The van der Waals surface area contributed by atoms with Gasteiger partial charge in [-0.1, -0.05) is 19.8 Å². The molecule has 0 radical (unpaired) electrons. The Morgan fingerprint density at radius 2 is 2.11 bits per heavy atom. The van der Waals surface area contributed by atoms with Gasteiger partial charge in [-0.2, -0.15) is 0 Å². The van der Waals surface area contributed by atoms with Crippen molar-refractivity contribution in [2.45, 2.75) is 58.8 Å². The zero-order valence-corrected chi connectivity index (χ0v) is 12.2. The van der Waals surface area contributed by atoms with Crippen molar-refractivity contribution in [3.05, 3.63) is 18.4 Å². The van der Waals surface area contributed by atoms with E-state index in [1.54, 1.807) is 19.4 Å². The molecule has 1 heterocycles. The lowest BCUT2D eigenvalue weighted by atomic mass is 10.1. The molecular weight excluding hydrogens is 250 g/mol. The highest BCUT2D eigenvalue weighted by Crippen LogP contribution is 2.04. The molecule has 0 spiro atoms. The van der Waals surface area contributed by atoms with Crippen LogP contribution >= 0.6 is 11.6 Å². The van der Waals surface area contributed by atoms with E-state index in [2.05, 4.69) is 11.9 Å². The van der Waals surface area contributed by atoms with Crippen molar-refractivity contribution in [3.63, 3.8) is 0 Å². The van der Waals surface area contributed by atoms with Crippen molar-refractivity contribution in [1.82, 2.24) is 4.98 Å². The Labute approximate surface area is 115 Å². The first-order valence-electron chi connectivity index (χ1n) is 6.64. The number of unbranched alkanes of at least 4 members (excludes halogenated alkanes) is 3. The van der Waals surface area contributed by atoms with Gasteiger partial charge in [0.15, 0.2) is 5.89 Å². The first-order valence-corrected chi connectivity index (χ1v) is 7.18. The van der Waals surface area contributed by atoms with Crippen molar-refractivity contribution < 1.29 is 9.21 Å². The Hall–Kier alpha value is -0.830. The minimum absolute atomic E-state index is 0.252. The summed E-state index contributed by atoms with van der Waals surface area (Å²) in [6.07, 6.45) is 10.3. The highest BCUT2D eigenvalue weighted by atomic mass is 35.5. The second-order valence-corrected chi connectivity index (χ2v) is 4.61. The van der Waals surface area contributed by atoms with E-state index >= 15 is 0 Å². The number of halogens is 1. The Kier molecular flexibility index (Phi) is 12.0. The van der Waals surface area contributed by atoms with Crippen LogP contribution < -0.4 is 0 Å². The van der Waals surface area contributed by atoms with E-state index in [4.69, 9.17) is 16.0 Å². The van der Waals surface area contributed by atoms with Crippen molar-refractivity contribution in [2.75, 3.05) is 5.88 Å². The van der Waals surface area contributed by atoms with E-state index < -0.39 is 0 Å². The van der Waals surface area contributed by atoms with E-state index in [-0.39, 0.29) is 5.78 Å². The molecule has 104 valence electrons. The number of hydrogen-bond acceptors (Lipinski definition) is 3. The number of hydrogen-bond donors (Lipinski definition) is 0. The van der Waals surface area contributed by atoms with Crippen molar-refractivity contribution in [1.29, 1.82) is 0 Å². The number of nitrogens with zero attached hydrogens (tertiary/aromatic N) is 1. The molecule has 0 fully saturated rings. The summed E-state index contributed by atoms with van der Waals surface area (Å²) in [5, 5.41) is 0. The average Bonchev–Trinajstić information content (AvgIpc) is 2.86. The van der Waals surface area contributed by atoms with Crippen LogP contribution in [0.25, 0.3) is 0 Å². The number of Topliss-reactive ketones (excluding diaryl/α,β-unsaturated/α-hetero) is 1. The van der Waals surface area contributed by atoms with Gasteiger partial charge in [0.1, 0.15) is 12.0 Å². The van der Waals surface area contributed by atoms with Crippen LogP contribution in [0.5, 0.6) is 0 Å². The highest BCUT2D eigenvalue weighted by Gasteiger charge is 1.98. The van der Waals surface area contributed by atoms with Gasteiger partial charge in [-0.05, 0) is 26.2 Å². The van der Waals surface area contributed by atoms with Crippen LogP contribution in [0.1, 0.15) is 58.3 Å². The molecule has 1 aromatic rings. The maximum Gasteiger partial charge on any atom is 0.193 e. The van der Waals surface area contributed by atoms with Crippen LogP contribution in [0, 0.1) is 0 Å². The Morgan fingerprint density at radius 1 is 1.33 bits per heavy atom. The number of rotatable bonds is 8. The van der Waals surface area contributed by atoms with Crippen LogP contribution in [0.15, 0.2) is 16.9 Å². The number of oxazole rings is 1. The minimum Gasteiger partial charge on any atom is -0.449 e. The van der Waals surface area contributed by atoms with Gasteiger partial charge in [-0.25, -0.2) is 4.98 Å². The summed E-state index contributed by atoms with van der Waals surface area (Å²) < 4.78 is 5.04. The molecule has 0 bridgehead atoms. The Morgan fingerprint density at radius 3 is 2.56 bits per heavy atom. The van der Waals surface area contributed by atoms with Gasteiger partial charge in [0, 0.05) is 18.7 Å². The molecule has 0 amide bonds. The average molecular weight is 274 g/mol. The van der Waals surface area contributed by atoms with Crippen molar-refractivity contribution in [2.24, 2.45) is 0 Å². The second kappa shape index (κ2) is 12.6. The highest BCUT2D eigenvalue weighted by molar-refractivity contribution is 6.17. The van der Waals surface area contributed by atoms with Gasteiger partial charge < -0.3 is 9.21 Å². The lowest BCUT2D eigenvalue weighted by molar-refractivity contribution is -0.117. The van der Waals surface area contributed by atoms with Crippen LogP contribution in [-0.4, -0.2) is 16.6 Å². The molecule has 18 heavy (non-hydrogen) atoms. The molecule has 0 aliphatic heterocycles. The lowest BCUT2D eigenvalue weighted by Gasteiger charge is -1.94. The van der Waals surface area contributed by atoms with E-state index in [9.17, 15) is 4.79 Å². The third-order valence-corrected chi connectivity index (χ3v) is 2.66. The third-order valence-electron chi connectivity index (χ3n) is 2.39. The number of ketones is 1. The van der Waals surface area contributed by atoms with Crippen molar-refractivity contribution >= 4 is 17.4 Å². The molecule has 4 heteroatoms. The van der Waals surface area contributed by atoms with Gasteiger partial charge in [0.2, 0.25) is 0 Å². The summed E-state index contributed by atoms with van der Waals surface area (Å²) in [7, 11) is 0. The van der Waals surface area contributed by atoms with E-state index in [0.29, 0.717) is 6.42 Å². The lowest BCUT2D eigenvalue weighted by Crippen LogP contribution is -1.91. The normalized spacial score (nSPS) is 9.72. The van der Waals surface area contributed by atoms with Gasteiger partial charge in [0.05, 0.1) is 6.20 Å². The van der Waals surface area contributed by atoms with Gasteiger partial charge in [0.25, 0.3) is 0 Å². The fourth-order valence-electron chi connectivity index (χ4n) is 1.37. The molecule has 0 unspecified atom stereocenters. The number of carbonyl (C=O) groups excluding carboxylic acids is 1. The van der Waals surface area contributed by atoms with Gasteiger partial charge in [-0.15, -0.1) is 11.6 Å². The van der Waals surface area contributed by atoms with Gasteiger partial charge in [-0.3, -0.25) is 0 Å². The fraction of sp³-hybridized carbons (Fsp3) is 0.714. The van der Waals surface area contributed by atoms with E-state index in [1.165, 1.54) is 19.3 Å². The Balaban J connectivity index is 0.000000411. The zero-order chi connectivity index (χ0) is 13.6. The SMILES string of the molecule is CC(=O)CCCCc1ncco1.CCCCCCl. The third kappa shape index (κ3) is 11.6. The standard InChI is InChI=1S/C9H13NO2.C5H11Cl/c1-8(11)4-2-3-5-9-10-6-7-12-9;1-2-3-4-5-6/h6-7H,2-5H2,1H3;2-5H2,1H3. The molecule has 0 aliphatic carbocycles. The van der Waals surface area contributed by atoms with Crippen molar-refractivity contribution in [3.8, 4) is 0 Å². The molecule has 0 saturated carbocycles. The molecule has 1 aromatic heterocycles. The predicted octanol–water partition coefficient (Wildman–Crippen LogP) is 4.39. The quantitative estimate of drug-likeness (QED) is 0.521. The number of aryl methyl sites for hydroxylation is 1. The molecule has 0 N–H and O–H groups in total. The number of alkyl halides is 1. The van der Waals surface area contributed by atoms with Gasteiger partial charge >= 0.3 is 0 Å². The summed E-state index contributed by atoms with van der Waals surface area (Å²) in [5.41, 5.74) is 0. The zero-order valence-electron chi connectivity index (χ0n) is 11.5.